The number of benzene rings is 2. The second-order valence-electron chi connectivity index (χ2n) is 8.52. The van der Waals surface area contributed by atoms with Gasteiger partial charge in [0.2, 0.25) is 5.88 Å². The topological polar surface area (TPSA) is 185 Å². The summed E-state index contributed by atoms with van der Waals surface area (Å²) in [6.07, 6.45) is 3.67. The third kappa shape index (κ3) is 8.01. The first kappa shape index (κ1) is 36.4. The third-order valence-corrected chi connectivity index (χ3v) is 7.69. The third-order valence-electron chi connectivity index (χ3n) is 5.99. The molecule has 0 saturated carbocycles. The van der Waals surface area contributed by atoms with Crippen molar-refractivity contribution in [2.45, 2.75) is 37.0 Å². The van der Waals surface area contributed by atoms with Gasteiger partial charge in [-0.3, -0.25) is 4.79 Å². The maximum absolute atomic E-state index is 13.1. The number of hydrogen-bond acceptors (Lipinski definition) is 10. The number of aromatic hydroxyl groups is 1. The number of hydrazone groups is 1. The molecule has 0 bridgehead atoms. The first-order valence-electron chi connectivity index (χ1n) is 11.4. The van der Waals surface area contributed by atoms with Crippen LogP contribution in [0.4, 0.5) is 5.69 Å². The van der Waals surface area contributed by atoms with Crippen LogP contribution in [0.2, 0.25) is 0 Å². The average Bonchev–Trinajstić information content (AvgIpc) is 3.33. The molecule has 1 aromatic heterocycles. The fraction of sp³-hybridized carbons (Fsp3) is 0.160. The molecule has 41 heavy (non-hydrogen) atoms. The fourth-order valence-corrected chi connectivity index (χ4v) is 4.96. The minimum atomic E-state index is -4.63. The molecule has 0 fully saturated rings. The summed E-state index contributed by atoms with van der Waals surface area (Å²) in [5.74, 6) is -0.683. The average molecular weight is 649 g/mol. The van der Waals surface area contributed by atoms with Crippen molar-refractivity contribution in [1.29, 1.82) is 0 Å². The molecular weight excluding hydrogens is 627 g/mol. The molecule has 1 aliphatic heterocycles. The molecule has 3 aromatic rings. The zero-order valence-corrected chi connectivity index (χ0v) is 30.8. The summed E-state index contributed by atoms with van der Waals surface area (Å²) >= 11 is 0. The van der Waals surface area contributed by atoms with Crippen LogP contribution >= 0.6 is 0 Å². The Morgan fingerprint density at radius 1 is 0.902 bits per heavy atom. The van der Waals surface area contributed by atoms with Gasteiger partial charge in [-0.25, -0.2) is 21.5 Å². The summed E-state index contributed by atoms with van der Waals surface area (Å²) in [5.41, 5.74) is 2.81. The Labute approximate surface area is 322 Å². The standard InChI is InChI=1S/C25H24N4O8S2.2K/c1-4-17(23-16(3)27-29(25(23)31)19-8-12-21(13-9-19)39(35,36)37)5-14-22-15(2)26-28(24(22)30)18-6-10-20(11-7-18)38(32,33)34;;/h5-14,31H,4H2,1-3H3,(H,32,33,34)(H,35,36,37);;/q;2*+1/p-2. The molecule has 0 aliphatic carbocycles. The van der Waals surface area contributed by atoms with Gasteiger partial charge in [-0.05, 0) is 80.4 Å². The summed E-state index contributed by atoms with van der Waals surface area (Å²) in [7, 11) is -9.25. The minimum absolute atomic E-state index is 0. The van der Waals surface area contributed by atoms with E-state index in [0.717, 1.165) is 29.3 Å². The van der Waals surface area contributed by atoms with Crippen LogP contribution in [0.3, 0.4) is 0 Å². The molecule has 0 saturated heterocycles. The maximum Gasteiger partial charge on any atom is 1.00 e. The van der Waals surface area contributed by atoms with E-state index in [4.69, 9.17) is 0 Å². The van der Waals surface area contributed by atoms with E-state index in [0.29, 0.717) is 34.7 Å². The predicted molar refractivity (Wildman–Crippen MR) is 139 cm³/mol. The Hall–Kier alpha value is -0.837. The van der Waals surface area contributed by atoms with Crippen LogP contribution in [0.25, 0.3) is 11.3 Å². The zero-order chi connectivity index (χ0) is 28.7. The van der Waals surface area contributed by atoms with Gasteiger partial charge in [-0.15, -0.1) is 0 Å². The van der Waals surface area contributed by atoms with Crippen molar-refractivity contribution in [1.82, 2.24) is 9.78 Å². The molecule has 0 spiro atoms. The van der Waals surface area contributed by atoms with Crippen LogP contribution in [-0.2, 0) is 25.0 Å². The van der Waals surface area contributed by atoms with Crippen molar-refractivity contribution in [3.8, 4) is 11.6 Å². The molecule has 4 rings (SSSR count). The zero-order valence-electron chi connectivity index (χ0n) is 22.9. The normalized spacial score (nSPS) is 15.0. The number of aromatic nitrogens is 2. The van der Waals surface area contributed by atoms with Crippen molar-refractivity contribution < 1.29 is 139 Å². The van der Waals surface area contributed by atoms with Gasteiger partial charge in [-0.2, -0.15) is 15.2 Å². The van der Waals surface area contributed by atoms with E-state index in [1.54, 1.807) is 26.0 Å². The van der Waals surface area contributed by atoms with Crippen LogP contribution in [-0.4, -0.2) is 52.4 Å². The number of allylic oxidation sites excluding steroid dienone is 3. The summed E-state index contributed by atoms with van der Waals surface area (Å²) in [5, 5.41) is 20.6. The second-order valence-corrected chi connectivity index (χ2v) is 11.3. The van der Waals surface area contributed by atoms with E-state index >= 15 is 0 Å². The quantitative estimate of drug-likeness (QED) is 0.157. The number of anilines is 1. The monoisotopic (exact) mass is 648 g/mol. The number of hydrogen-bond donors (Lipinski definition) is 1. The molecule has 204 valence electrons. The SMILES string of the molecule is CCC(=CC=C1C(=O)N(c2ccc(S(=O)(=O)[O-])cc2)N=C1C)c1c(C)nn(-c2ccc(S(=O)(=O)[O-])cc2)c1O.[K+].[K+]. The first-order chi connectivity index (χ1) is 18.2. The van der Waals surface area contributed by atoms with E-state index in [1.807, 2.05) is 6.92 Å². The molecule has 1 amide bonds. The summed E-state index contributed by atoms with van der Waals surface area (Å²) in [6.45, 7) is 5.16. The summed E-state index contributed by atoms with van der Waals surface area (Å²) < 4.78 is 68.3. The van der Waals surface area contributed by atoms with Gasteiger partial charge in [0.15, 0.2) is 0 Å². The molecule has 0 atom stereocenters. The van der Waals surface area contributed by atoms with Gasteiger partial charge in [0, 0.05) is 0 Å². The van der Waals surface area contributed by atoms with Gasteiger partial charge < -0.3 is 14.2 Å². The molecule has 1 aliphatic rings. The Morgan fingerprint density at radius 3 is 1.85 bits per heavy atom. The number of rotatable bonds is 7. The summed E-state index contributed by atoms with van der Waals surface area (Å²) in [4.78, 5) is 12.2. The van der Waals surface area contributed by atoms with Crippen molar-refractivity contribution in [2.24, 2.45) is 5.10 Å². The van der Waals surface area contributed by atoms with Crippen molar-refractivity contribution >= 4 is 43.1 Å². The van der Waals surface area contributed by atoms with Crippen LogP contribution in [0.1, 0.15) is 31.5 Å². The number of amides is 1. The van der Waals surface area contributed by atoms with Crippen LogP contribution in [0.5, 0.6) is 5.88 Å². The van der Waals surface area contributed by atoms with Crippen molar-refractivity contribution in [3.05, 3.63) is 77.5 Å². The van der Waals surface area contributed by atoms with Crippen LogP contribution in [0, 0.1) is 6.92 Å². The fourth-order valence-electron chi connectivity index (χ4n) is 4.03. The maximum atomic E-state index is 13.1. The Morgan fingerprint density at radius 2 is 1.39 bits per heavy atom. The molecule has 0 unspecified atom stereocenters. The molecular formula is C25H22K2N4O8S2. The van der Waals surface area contributed by atoms with Gasteiger partial charge in [0.1, 0.15) is 20.2 Å². The molecule has 1 N–H and O–H groups in total. The number of nitrogens with zero attached hydrogens (tertiary/aromatic N) is 4. The smallest absolute Gasteiger partial charge is 0.744 e. The van der Waals surface area contributed by atoms with E-state index < -0.39 is 35.9 Å². The molecule has 16 heteroatoms. The number of aryl methyl sites for hydroxylation is 1. The molecule has 2 heterocycles. The van der Waals surface area contributed by atoms with E-state index in [2.05, 4.69) is 10.2 Å². The van der Waals surface area contributed by atoms with Crippen molar-refractivity contribution in [3.63, 3.8) is 0 Å². The van der Waals surface area contributed by atoms with E-state index in [-0.39, 0.29) is 120 Å². The molecule has 2 aromatic carbocycles. The van der Waals surface area contributed by atoms with Crippen molar-refractivity contribution in [2.75, 3.05) is 5.01 Å². The number of carbonyl (C=O) groups excluding carboxylic acids is 1. The van der Waals surface area contributed by atoms with Gasteiger partial charge in [0.25, 0.3) is 5.91 Å². The number of carbonyl (C=O) groups is 1. The first-order valence-corrected chi connectivity index (χ1v) is 14.3. The van der Waals surface area contributed by atoms with Gasteiger partial charge >= 0.3 is 103 Å². The second kappa shape index (κ2) is 14.3. The van der Waals surface area contributed by atoms with Gasteiger partial charge in [-0.1, -0.05) is 13.0 Å². The predicted octanol–water partition coefficient (Wildman–Crippen LogP) is -3.15. The van der Waals surface area contributed by atoms with E-state index in [9.17, 15) is 35.8 Å². The Kier molecular flexibility index (Phi) is 12.7. The Bertz CT molecular complexity index is 1780. The largest absolute Gasteiger partial charge is 1.00 e. The van der Waals surface area contributed by atoms with Crippen LogP contribution < -0.4 is 108 Å². The van der Waals surface area contributed by atoms with E-state index in [1.165, 1.54) is 28.9 Å². The Balaban J connectivity index is 0.00000294. The molecule has 0 radical (unpaired) electrons. The summed E-state index contributed by atoms with van der Waals surface area (Å²) in [6, 6.07) is 9.77. The van der Waals surface area contributed by atoms with Crippen LogP contribution in [0.15, 0.2) is 81.1 Å². The minimum Gasteiger partial charge on any atom is -0.744 e. The molecule has 12 nitrogen and oxygen atoms in total. The van der Waals surface area contributed by atoms with Gasteiger partial charge in [0.05, 0.1) is 43.7 Å².